The maximum Gasteiger partial charge on any atom is 0.255 e. The number of aromatic nitrogens is 3. The van der Waals surface area contributed by atoms with Crippen molar-refractivity contribution < 1.29 is 4.79 Å². The van der Waals surface area contributed by atoms with Crippen LogP contribution in [0.3, 0.4) is 0 Å². The number of rotatable bonds is 6. The largest absolute Gasteiger partial charge is 0.352 e. The number of pyridine rings is 1. The van der Waals surface area contributed by atoms with Crippen LogP contribution in [-0.2, 0) is 6.54 Å². The van der Waals surface area contributed by atoms with Crippen molar-refractivity contribution in [3.63, 3.8) is 0 Å². The topological polar surface area (TPSA) is 76.9 Å². The number of hydrogen-bond acceptors (Lipinski definition) is 4. The third-order valence-corrected chi connectivity index (χ3v) is 3.96. The van der Waals surface area contributed by atoms with Crippen LogP contribution in [-0.4, -0.2) is 27.0 Å². The first-order valence-corrected chi connectivity index (χ1v) is 8.48. The summed E-state index contributed by atoms with van der Waals surface area (Å²) in [5.74, 6) is 0.396. The average molecular weight is 348 g/mol. The molecule has 0 aliphatic rings. The molecule has 1 amide bonds. The van der Waals surface area contributed by atoms with E-state index in [0.29, 0.717) is 36.6 Å². The van der Waals surface area contributed by atoms with Gasteiger partial charge in [0.15, 0.2) is 0 Å². The van der Waals surface area contributed by atoms with Crippen LogP contribution in [0.5, 0.6) is 0 Å². The van der Waals surface area contributed by atoms with Crippen LogP contribution in [0.25, 0.3) is 11.3 Å². The minimum atomic E-state index is -0.218. The Labute approximate surface area is 151 Å². The van der Waals surface area contributed by atoms with E-state index in [-0.39, 0.29) is 11.5 Å². The van der Waals surface area contributed by atoms with Crippen molar-refractivity contribution in [2.75, 3.05) is 6.54 Å². The van der Waals surface area contributed by atoms with E-state index in [4.69, 9.17) is 0 Å². The van der Waals surface area contributed by atoms with Gasteiger partial charge in [-0.3, -0.25) is 9.59 Å². The third-order valence-electron chi connectivity index (χ3n) is 3.96. The molecule has 0 saturated heterocycles. The molecule has 3 rings (SSSR count). The van der Waals surface area contributed by atoms with Crippen molar-refractivity contribution in [1.82, 2.24) is 19.9 Å². The SMILES string of the molecule is Cc1ncc(C(=O)NCCCn2ccccc2=O)c(-c2ccccc2)n1. The summed E-state index contributed by atoms with van der Waals surface area (Å²) >= 11 is 0. The van der Waals surface area contributed by atoms with E-state index in [9.17, 15) is 9.59 Å². The Bertz CT molecular complexity index is 951. The zero-order chi connectivity index (χ0) is 18.4. The van der Waals surface area contributed by atoms with Crippen molar-refractivity contribution in [1.29, 1.82) is 0 Å². The first-order valence-electron chi connectivity index (χ1n) is 8.48. The van der Waals surface area contributed by atoms with E-state index in [1.54, 1.807) is 30.0 Å². The number of nitrogens with one attached hydrogen (secondary N) is 1. The highest BCUT2D eigenvalue weighted by Gasteiger charge is 2.15. The first kappa shape index (κ1) is 17.5. The van der Waals surface area contributed by atoms with Gasteiger partial charge in [-0.25, -0.2) is 9.97 Å². The molecule has 0 bridgehead atoms. The fraction of sp³-hybridized carbons (Fsp3) is 0.200. The molecular formula is C20H20N4O2. The van der Waals surface area contributed by atoms with Crippen molar-refractivity contribution in [3.8, 4) is 11.3 Å². The van der Waals surface area contributed by atoms with Crippen LogP contribution < -0.4 is 10.9 Å². The van der Waals surface area contributed by atoms with Crippen molar-refractivity contribution in [3.05, 3.63) is 82.7 Å². The van der Waals surface area contributed by atoms with Crippen LogP contribution >= 0.6 is 0 Å². The smallest absolute Gasteiger partial charge is 0.255 e. The second-order valence-electron chi connectivity index (χ2n) is 5.89. The quantitative estimate of drug-likeness (QED) is 0.694. The molecule has 1 N–H and O–H groups in total. The molecule has 6 nitrogen and oxygen atoms in total. The molecule has 0 spiro atoms. The predicted octanol–water partition coefficient (Wildman–Crippen LogP) is 2.43. The predicted molar refractivity (Wildman–Crippen MR) is 99.9 cm³/mol. The van der Waals surface area contributed by atoms with E-state index in [1.807, 2.05) is 36.4 Å². The van der Waals surface area contributed by atoms with Gasteiger partial charge in [0, 0.05) is 37.1 Å². The highest BCUT2D eigenvalue weighted by Crippen LogP contribution is 2.20. The van der Waals surface area contributed by atoms with E-state index in [2.05, 4.69) is 15.3 Å². The van der Waals surface area contributed by atoms with Gasteiger partial charge in [0.05, 0.1) is 11.3 Å². The molecular weight excluding hydrogens is 328 g/mol. The zero-order valence-corrected chi connectivity index (χ0v) is 14.6. The van der Waals surface area contributed by atoms with Gasteiger partial charge in [0.2, 0.25) is 5.56 Å². The van der Waals surface area contributed by atoms with Crippen molar-refractivity contribution in [2.24, 2.45) is 0 Å². The normalized spacial score (nSPS) is 10.5. The van der Waals surface area contributed by atoms with Gasteiger partial charge in [0.25, 0.3) is 5.91 Å². The zero-order valence-electron chi connectivity index (χ0n) is 14.6. The lowest BCUT2D eigenvalue weighted by Gasteiger charge is -2.10. The van der Waals surface area contributed by atoms with Gasteiger partial charge in [-0.2, -0.15) is 0 Å². The first-order chi connectivity index (χ1) is 12.6. The molecule has 0 atom stereocenters. The molecule has 132 valence electrons. The maximum atomic E-state index is 12.6. The Morgan fingerprint density at radius 3 is 2.65 bits per heavy atom. The fourth-order valence-electron chi connectivity index (χ4n) is 2.64. The Morgan fingerprint density at radius 1 is 1.12 bits per heavy atom. The van der Waals surface area contributed by atoms with Crippen LogP contribution in [0.4, 0.5) is 0 Å². The molecule has 0 fully saturated rings. The van der Waals surface area contributed by atoms with Gasteiger partial charge in [-0.1, -0.05) is 36.4 Å². The minimum Gasteiger partial charge on any atom is -0.352 e. The number of carbonyl (C=O) groups excluding carboxylic acids is 1. The summed E-state index contributed by atoms with van der Waals surface area (Å²) in [5.41, 5.74) is 1.89. The molecule has 6 heteroatoms. The number of nitrogens with zero attached hydrogens (tertiary/aromatic N) is 3. The number of aryl methyl sites for hydroxylation is 2. The Balaban J connectivity index is 1.67. The molecule has 2 heterocycles. The van der Waals surface area contributed by atoms with E-state index >= 15 is 0 Å². The highest BCUT2D eigenvalue weighted by molar-refractivity contribution is 5.99. The van der Waals surface area contributed by atoms with Gasteiger partial charge < -0.3 is 9.88 Å². The van der Waals surface area contributed by atoms with E-state index < -0.39 is 0 Å². The van der Waals surface area contributed by atoms with E-state index in [0.717, 1.165) is 5.56 Å². The Hall–Kier alpha value is -3.28. The minimum absolute atomic E-state index is 0.0443. The van der Waals surface area contributed by atoms with Gasteiger partial charge in [0.1, 0.15) is 5.82 Å². The summed E-state index contributed by atoms with van der Waals surface area (Å²) in [6.45, 7) is 2.81. The lowest BCUT2D eigenvalue weighted by Crippen LogP contribution is -2.27. The molecule has 3 aromatic rings. The second-order valence-corrected chi connectivity index (χ2v) is 5.89. The number of benzene rings is 1. The molecule has 0 saturated carbocycles. The molecule has 2 aromatic heterocycles. The van der Waals surface area contributed by atoms with Gasteiger partial charge >= 0.3 is 0 Å². The molecule has 0 radical (unpaired) electrons. The number of carbonyl (C=O) groups is 1. The number of hydrogen-bond donors (Lipinski definition) is 1. The fourth-order valence-corrected chi connectivity index (χ4v) is 2.64. The molecule has 1 aromatic carbocycles. The van der Waals surface area contributed by atoms with Crippen LogP contribution in [0.15, 0.2) is 65.7 Å². The summed E-state index contributed by atoms with van der Waals surface area (Å²) < 4.78 is 1.62. The van der Waals surface area contributed by atoms with Crippen LogP contribution in [0.1, 0.15) is 22.6 Å². The summed E-state index contributed by atoms with van der Waals surface area (Å²) in [5, 5.41) is 2.88. The van der Waals surface area contributed by atoms with Crippen molar-refractivity contribution in [2.45, 2.75) is 19.9 Å². The lowest BCUT2D eigenvalue weighted by molar-refractivity contribution is 0.0952. The average Bonchev–Trinajstić information content (AvgIpc) is 2.67. The van der Waals surface area contributed by atoms with Crippen molar-refractivity contribution >= 4 is 5.91 Å². The molecule has 0 aliphatic carbocycles. The van der Waals surface area contributed by atoms with Crippen LogP contribution in [0.2, 0.25) is 0 Å². The summed E-state index contributed by atoms with van der Waals surface area (Å²) in [4.78, 5) is 32.8. The van der Waals surface area contributed by atoms with Crippen LogP contribution in [0, 0.1) is 6.92 Å². The molecule has 0 aliphatic heterocycles. The third kappa shape index (κ3) is 4.22. The Kier molecular flexibility index (Phi) is 5.53. The molecule has 26 heavy (non-hydrogen) atoms. The van der Waals surface area contributed by atoms with Gasteiger partial charge in [-0.05, 0) is 19.4 Å². The van der Waals surface area contributed by atoms with E-state index in [1.165, 1.54) is 6.07 Å². The summed E-state index contributed by atoms with van der Waals surface area (Å²) in [6.07, 6.45) is 3.95. The maximum absolute atomic E-state index is 12.6. The second kappa shape index (κ2) is 8.20. The lowest BCUT2D eigenvalue weighted by atomic mass is 10.1. The standard InChI is InChI=1S/C20H20N4O2/c1-15-22-14-17(19(23-15)16-8-3-2-4-9-16)20(26)21-11-7-13-24-12-6-5-10-18(24)25/h2-6,8-10,12,14H,7,11,13H2,1H3,(H,21,26). The monoisotopic (exact) mass is 348 g/mol. The Morgan fingerprint density at radius 2 is 1.88 bits per heavy atom. The summed E-state index contributed by atoms with van der Waals surface area (Å²) in [7, 11) is 0. The highest BCUT2D eigenvalue weighted by atomic mass is 16.1. The van der Waals surface area contributed by atoms with Gasteiger partial charge in [-0.15, -0.1) is 0 Å². The molecule has 0 unspecified atom stereocenters. The summed E-state index contributed by atoms with van der Waals surface area (Å²) in [6, 6.07) is 14.6. The number of amides is 1.